The maximum Gasteiger partial charge on any atom is 0.304 e. The minimum Gasteiger partial charge on any atom is -0.481 e. The number of hydrogen-bond acceptors (Lipinski definition) is 5. The Labute approximate surface area is 114 Å². The summed E-state index contributed by atoms with van der Waals surface area (Å²) in [5.41, 5.74) is 1.23. The number of rotatable bonds is 5. The summed E-state index contributed by atoms with van der Waals surface area (Å²) in [5.74, 6) is -1.58. The molecule has 0 spiro atoms. The minimum absolute atomic E-state index is 0.418. The lowest BCUT2D eigenvalue weighted by Gasteiger charge is -2.06. The fourth-order valence-corrected chi connectivity index (χ4v) is 3.45. The average molecular weight is 300 g/mol. The molecular weight excluding hydrogens is 288 g/mol. The van der Waals surface area contributed by atoms with Gasteiger partial charge >= 0.3 is 5.97 Å². The Morgan fingerprint density at radius 2 is 2.21 bits per heavy atom. The normalized spacial score (nSPS) is 11.6. The molecule has 0 aliphatic rings. The van der Waals surface area contributed by atoms with Crippen LogP contribution in [-0.2, 0) is 14.8 Å². The molecule has 6 nitrogen and oxygen atoms in total. The van der Waals surface area contributed by atoms with E-state index >= 15 is 0 Å². The SMILES string of the molecule is Cc1nc2ccc(NS(=O)(=O)CCC(=O)O)cc2s1. The topological polar surface area (TPSA) is 96.4 Å². The monoisotopic (exact) mass is 300 g/mol. The van der Waals surface area contributed by atoms with Crippen molar-refractivity contribution in [2.45, 2.75) is 13.3 Å². The van der Waals surface area contributed by atoms with E-state index in [1.807, 2.05) is 6.92 Å². The van der Waals surface area contributed by atoms with E-state index in [4.69, 9.17) is 5.11 Å². The molecule has 2 N–H and O–H groups in total. The van der Waals surface area contributed by atoms with Crippen LogP contribution >= 0.6 is 11.3 Å². The molecule has 19 heavy (non-hydrogen) atoms. The van der Waals surface area contributed by atoms with Crippen LogP contribution in [0.15, 0.2) is 18.2 Å². The molecule has 8 heteroatoms. The van der Waals surface area contributed by atoms with Crippen LogP contribution < -0.4 is 4.72 Å². The summed E-state index contributed by atoms with van der Waals surface area (Å²) in [5, 5.41) is 9.39. The fourth-order valence-electron chi connectivity index (χ4n) is 1.56. The summed E-state index contributed by atoms with van der Waals surface area (Å²) < 4.78 is 26.6. The quantitative estimate of drug-likeness (QED) is 0.878. The fraction of sp³-hybridized carbons (Fsp3) is 0.273. The molecule has 102 valence electrons. The first kappa shape index (κ1) is 13.8. The predicted molar refractivity (Wildman–Crippen MR) is 74.0 cm³/mol. The molecule has 0 atom stereocenters. The molecule has 1 aromatic carbocycles. The van der Waals surface area contributed by atoms with E-state index in [1.165, 1.54) is 11.3 Å². The first-order chi connectivity index (χ1) is 8.85. The van der Waals surface area contributed by atoms with Gasteiger partial charge < -0.3 is 5.11 Å². The number of hydrogen-bond donors (Lipinski definition) is 2. The van der Waals surface area contributed by atoms with E-state index in [0.29, 0.717) is 5.69 Å². The standard InChI is InChI=1S/C11H12N2O4S2/c1-7-12-9-3-2-8(6-10(9)18-7)13-19(16,17)5-4-11(14)15/h2-3,6,13H,4-5H2,1H3,(H,14,15). The predicted octanol–water partition coefficient (Wildman–Crippen LogP) is 1.82. The number of carbonyl (C=O) groups is 1. The van der Waals surface area contributed by atoms with Crippen molar-refractivity contribution in [3.05, 3.63) is 23.2 Å². The van der Waals surface area contributed by atoms with Gasteiger partial charge in [0.1, 0.15) is 0 Å². The Balaban J connectivity index is 2.18. The highest BCUT2D eigenvalue weighted by Crippen LogP contribution is 2.25. The molecule has 1 aromatic heterocycles. The van der Waals surface area contributed by atoms with Crippen LogP contribution in [0.2, 0.25) is 0 Å². The third kappa shape index (κ3) is 3.65. The second-order valence-electron chi connectivity index (χ2n) is 3.98. The van der Waals surface area contributed by atoms with Gasteiger partial charge in [0.25, 0.3) is 0 Å². The van der Waals surface area contributed by atoms with Crippen molar-refractivity contribution in [2.24, 2.45) is 0 Å². The van der Waals surface area contributed by atoms with Crippen LogP contribution in [0.5, 0.6) is 0 Å². The van der Waals surface area contributed by atoms with E-state index in [9.17, 15) is 13.2 Å². The number of anilines is 1. The summed E-state index contributed by atoms with van der Waals surface area (Å²) >= 11 is 1.47. The van der Waals surface area contributed by atoms with Gasteiger partial charge in [-0.25, -0.2) is 13.4 Å². The first-order valence-electron chi connectivity index (χ1n) is 5.45. The first-order valence-corrected chi connectivity index (χ1v) is 7.92. The van der Waals surface area contributed by atoms with Crippen molar-refractivity contribution < 1.29 is 18.3 Å². The molecule has 0 saturated heterocycles. The zero-order chi connectivity index (χ0) is 14.0. The highest BCUT2D eigenvalue weighted by Gasteiger charge is 2.13. The van der Waals surface area contributed by atoms with Crippen LogP contribution in [0.1, 0.15) is 11.4 Å². The van der Waals surface area contributed by atoms with Crippen LogP contribution in [0.3, 0.4) is 0 Å². The van der Waals surface area contributed by atoms with Gasteiger partial charge in [-0.2, -0.15) is 0 Å². The number of thiazole rings is 1. The molecule has 0 radical (unpaired) electrons. The number of carboxylic acid groups (broad SMARTS) is 1. The number of carboxylic acids is 1. The Kier molecular flexibility index (Phi) is 3.72. The van der Waals surface area contributed by atoms with Gasteiger partial charge in [-0.1, -0.05) is 0 Å². The third-order valence-electron chi connectivity index (χ3n) is 2.35. The number of sulfonamides is 1. The van der Waals surface area contributed by atoms with E-state index in [-0.39, 0.29) is 0 Å². The number of aromatic nitrogens is 1. The van der Waals surface area contributed by atoms with Gasteiger partial charge in [0.15, 0.2) is 0 Å². The second kappa shape index (κ2) is 5.14. The van der Waals surface area contributed by atoms with E-state index in [2.05, 4.69) is 9.71 Å². The lowest BCUT2D eigenvalue weighted by molar-refractivity contribution is -0.136. The number of fused-ring (bicyclic) bond motifs is 1. The van der Waals surface area contributed by atoms with Crippen molar-refractivity contribution in [3.8, 4) is 0 Å². The second-order valence-corrected chi connectivity index (χ2v) is 7.06. The summed E-state index contributed by atoms with van der Waals surface area (Å²) in [7, 11) is -3.64. The van der Waals surface area contributed by atoms with Crippen molar-refractivity contribution in [2.75, 3.05) is 10.5 Å². The smallest absolute Gasteiger partial charge is 0.304 e. The average Bonchev–Trinajstić information content (AvgIpc) is 2.65. The highest BCUT2D eigenvalue weighted by atomic mass is 32.2. The van der Waals surface area contributed by atoms with E-state index in [0.717, 1.165) is 15.2 Å². The summed E-state index contributed by atoms with van der Waals surface area (Å²) in [6.07, 6.45) is -0.419. The molecule has 0 unspecified atom stereocenters. The zero-order valence-corrected chi connectivity index (χ0v) is 11.7. The van der Waals surface area contributed by atoms with Crippen molar-refractivity contribution in [3.63, 3.8) is 0 Å². The lowest BCUT2D eigenvalue weighted by atomic mass is 10.3. The summed E-state index contributed by atoms with van der Waals surface area (Å²) in [4.78, 5) is 14.7. The largest absolute Gasteiger partial charge is 0.481 e. The van der Waals surface area contributed by atoms with Gasteiger partial charge in [0.05, 0.1) is 33.1 Å². The van der Waals surface area contributed by atoms with E-state index in [1.54, 1.807) is 18.2 Å². The number of aryl methyl sites for hydroxylation is 1. The van der Waals surface area contributed by atoms with E-state index < -0.39 is 28.2 Å². The third-order valence-corrected chi connectivity index (χ3v) is 4.58. The molecule has 1 heterocycles. The molecule has 2 aromatic rings. The van der Waals surface area contributed by atoms with Crippen LogP contribution in [-0.4, -0.2) is 30.2 Å². The molecule has 0 bridgehead atoms. The number of aliphatic carboxylic acids is 1. The summed E-state index contributed by atoms with van der Waals surface area (Å²) in [6, 6.07) is 5.03. The van der Waals surface area contributed by atoms with Gasteiger partial charge in [-0.3, -0.25) is 9.52 Å². The number of benzene rings is 1. The Morgan fingerprint density at radius 1 is 1.47 bits per heavy atom. The van der Waals surface area contributed by atoms with Gasteiger partial charge in [0.2, 0.25) is 10.0 Å². The van der Waals surface area contributed by atoms with Gasteiger partial charge in [-0.15, -0.1) is 11.3 Å². The molecule has 0 aliphatic carbocycles. The minimum atomic E-state index is -3.64. The van der Waals surface area contributed by atoms with Crippen LogP contribution in [0.25, 0.3) is 10.2 Å². The number of nitrogens with one attached hydrogen (secondary N) is 1. The maximum atomic E-state index is 11.7. The Hall–Kier alpha value is -1.67. The number of nitrogens with zero attached hydrogens (tertiary/aromatic N) is 1. The molecule has 0 fully saturated rings. The van der Waals surface area contributed by atoms with Gasteiger partial charge in [-0.05, 0) is 25.1 Å². The zero-order valence-electron chi connectivity index (χ0n) is 10.1. The van der Waals surface area contributed by atoms with Crippen LogP contribution in [0.4, 0.5) is 5.69 Å². The lowest BCUT2D eigenvalue weighted by Crippen LogP contribution is -2.18. The van der Waals surface area contributed by atoms with Crippen molar-refractivity contribution >= 4 is 43.2 Å². The molecular formula is C11H12N2O4S2. The molecule has 0 amide bonds. The summed E-state index contributed by atoms with van der Waals surface area (Å²) in [6.45, 7) is 1.88. The van der Waals surface area contributed by atoms with Crippen LogP contribution in [0, 0.1) is 6.92 Å². The molecule has 0 saturated carbocycles. The highest BCUT2D eigenvalue weighted by molar-refractivity contribution is 7.92. The van der Waals surface area contributed by atoms with Crippen molar-refractivity contribution in [1.82, 2.24) is 4.98 Å². The Bertz CT molecular complexity index is 721. The van der Waals surface area contributed by atoms with Gasteiger partial charge in [0, 0.05) is 0 Å². The van der Waals surface area contributed by atoms with Crippen molar-refractivity contribution in [1.29, 1.82) is 0 Å². The maximum absolute atomic E-state index is 11.7. The molecule has 0 aliphatic heterocycles. The molecule has 2 rings (SSSR count). The Morgan fingerprint density at radius 3 is 2.89 bits per heavy atom.